The molecular weight excluding hydrogens is 236 g/mol. The third-order valence-corrected chi connectivity index (χ3v) is 4.20. The number of rotatable bonds is 4. The van der Waals surface area contributed by atoms with E-state index in [0.717, 1.165) is 32.1 Å². The van der Waals surface area contributed by atoms with E-state index in [9.17, 15) is 4.79 Å². The lowest BCUT2D eigenvalue weighted by molar-refractivity contribution is -0.133. The second-order valence-electron chi connectivity index (χ2n) is 6.43. The summed E-state index contributed by atoms with van der Waals surface area (Å²) in [5, 5.41) is 0. The van der Waals surface area contributed by atoms with Gasteiger partial charge < -0.3 is 4.90 Å². The molecule has 2 rings (SSSR count). The molecule has 2 aliphatic rings. The van der Waals surface area contributed by atoms with Crippen molar-refractivity contribution in [2.75, 3.05) is 32.7 Å². The van der Waals surface area contributed by atoms with Crippen molar-refractivity contribution in [1.82, 2.24) is 9.80 Å². The van der Waals surface area contributed by atoms with E-state index in [4.69, 9.17) is 0 Å². The Morgan fingerprint density at radius 2 is 1.95 bits per heavy atom. The Morgan fingerprint density at radius 1 is 1.21 bits per heavy atom. The molecule has 0 radical (unpaired) electrons. The molecule has 1 amide bonds. The molecule has 1 aliphatic carbocycles. The van der Waals surface area contributed by atoms with Crippen molar-refractivity contribution in [3.8, 4) is 0 Å². The molecule has 0 unspecified atom stereocenters. The first-order valence-corrected chi connectivity index (χ1v) is 7.80. The molecule has 0 saturated carbocycles. The van der Waals surface area contributed by atoms with E-state index in [0.29, 0.717) is 18.2 Å². The lowest BCUT2D eigenvalue weighted by Gasteiger charge is -2.37. The summed E-state index contributed by atoms with van der Waals surface area (Å²) in [6.07, 6.45) is 9.16. The Balaban J connectivity index is 1.70. The summed E-state index contributed by atoms with van der Waals surface area (Å²) in [6.45, 7) is 9.42. The number of hydrogen-bond acceptors (Lipinski definition) is 2. The van der Waals surface area contributed by atoms with Crippen LogP contribution in [0.4, 0.5) is 0 Å². The summed E-state index contributed by atoms with van der Waals surface area (Å²) in [7, 11) is 0. The van der Waals surface area contributed by atoms with Crippen LogP contribution in [0, 0.1) is 11.8 Å². The highest BCUT2D eigenvalue weighted by Gasteiger charge is 2.23. The number of carbonyl (C=O) groups excluding carboxylic acids is 1. The minimum absolute atomic E-state index is 0.343. The van der Waals surface area contributed by atoms with E-state index in [1.165, 1.54) is 25.8 Å². The summed E-state index contributed by atoms with van der Waals surface area (Å²) in [5.74, 6) is 1.65. The van der Waals surface area contributed by atoms with Gasteiger partial charge in [0.05, 0.1) is 0 Å². The van der Waals surface area contributed by atoms with Gasteiger partial charge in [-0.3, -0.25) is 9.69 Å². The van der Waals surface area contributed by atoms with Crippen LogP contribution in [0.3, 0.4) is 0 Å². The quantitative estimate of drug-likeness (QED) is 0.729. The van der Waals surface area contributed by atoms with Crippen LogP contribution in [-0.2, 0) is 4.79 Å². The molecule has 108 valence electrons. The molecule has 3 heteroatoms. The van der Waals surface area contributed by atoms with Crippen LogP contribution >= 0.6 is 0 Å². The van der Waals surface area contributed by atoms with E-state index in [-0.39, 0.29) is 0 Å². The third-order valence-electron chi connectivity index (χ3n) is 4.20. The van der Waals surface area contributed by atoms with Crippen molar-refractivity contribution < 1.29 is 4.79 Å². The average molecular weight is 264 g/mol. The minimum atomic E-state index is 0.343. The molecule has 19 heavy (non-hydrogen) atoms. The summed E-state index contributed by atoms with van der Waals surface area (Å²) >= 11 is 0. The predicted octanol–water partition coefficient (Wildman–Crippen LogP) is 2.53. The summed E-state index contributed by atoms with van der Waals surface area (Å²) in [4.78, 5) is 16.6. The Labute approximate surface area is 117 Å². The van der Waals surface area contributed by atoms with Crippen molar-refractivity contribution in [1.29, 1.82) is 0 Å². The van der Waals surface area contributed by atoms with Gasteiger partial charge >= 0.3 is 0 Å². The predicted molar refractivity (Wildman–Crippen MR) is 79.0 cm³/mol. The molecule has 0 aromatic carbocycles. The summed E-state index contributed by atoms with van der Waals surface area (Å²) < 4.78 is 0. The lowest BCUT2D eigenvalue weighted by atomic mass is 9.94. The fraction of sp³-hybridized carbons (Fsp3) is 0.812. The van der Waals surface area contributed by atoms with Gasteiger partial charge in [0.1, 0.15) is 0 Å². The molecular formula is C16H28N2O. The number of piperazine rings is 1. The smallest absolute Gasteiger partial charge is 0.222 e. The largest absolute Gasteiger partial charge is 0.340 e. The van der Waals surface area contributed by atoms with Gasteiger partial charge in [0.25, 0.3) is 0 Å². The lowest BCUT2D eigenvalue weighted by Crippen LogP contribution is -2.50. The van der Waals surface area contributed by atoms with Gasteiger partial charge in [-0.25, -0.2) is 0 Å². The number of amides is 1. The van der Waals surface area contributed by atoms with Crippen molar-refractivity contribution in [3.63, 3.8) is 0 Å². The van der Waals surface area contributed by atoms with Crippen molar-refractivity contribution in [3.05, 3.63) is 12.2 Å². The van der Waals surface area contributed by atoms with E-state index in [1.54, 1.807) is 0 Å². The maximum Gasteiger partial charge on any atom is 0.222 e. The standard InChI is InChI=1S/C16H28N2O/c1-14(2)12-16(19)18-10-8-17(9-11-18)13-15-6-4-3-5-7-15/h3-4,14-15H,5-13H2,1-2H3/t15-/m1/s1. The van der Waals surface area contributed by atoms with Crippen LogP contribution in [0.5, 0.6) is 0 Å². The Hall–Kier alpha value is -0.830. The third kappa shape index (κ3) is 4.64. The second kappa shape index (κ2) is 7.09. The number of carbonyl (C=O) groups is 1. The first-order chi connectivity index (χ1) is 9.15. The number of allylic oxidation sites excluding steroid dienone is 2. The Bertz CT molecular complexity index is 317. The monoisotopic (exact) mass is 264 g/mol. The van der Waals surface area contributed by atoms with Crippen LogP contribution in [0.25, 0.3) is 0 Å². The van der Waals surface area contributed by atoms with Crippen LogP contribution in [0.2, 0.25) is 0 Å². The van der Waals surface area contributed by atoms with Gasteiger partial charge in [-0.05, 0) is 31.1 Å². The van der Waals surface area contributed by atoms with Gasteiger partial charge in [-0.2, -0.15) is 0 Å². The minimum Gasteiger partial charge on any atom is -0.340 e. The molecule has 1 aliphatic heterocycles. The first kappa shape index (κ1) is 14.6. The van der Waals surface area contributed by atoms with Crippen molar-refractivity contribution in [2.24, 2.45) is 11.8 Å². The molecule has 0 N–H and O–H groups in total. The average Bonchev–Trinajstić information content (AvgIpc) is 2.40. The van der Waals surface area contributed by atoms with E-state index in [2.05, 4.69) is 35.8 Å². The molecule has 1 fully saturated rings. The maximum absolute atomic E-state index is 12.0. The second-order valence-corrected chi connectivity index (χ2v) is 6.43. The maximum atomic E-state index is 12.0. The Morgan fingerprint density at radius 3 is 2.53 bits per heavy atom. The molecule has 1 saturated heterocycles. The SMILES string of the molecule is CC(C)CC(=O)N1CCN(C[C@@H]2CC=CCC2)CC1. The van der Waals surface area contributed by atoms with Gasteiger partial charge in [-0.1, -0.05) is 26.0 Å². The molecule has 0 bridgehead atoms. The van der Waals surface area contributed by atoms with Crippen LogP contribution in [-0.4, -0.2) is 48.4 Å². The normalized spacial score (nSPS) is 25.0. The van der Waals surface area contributed by atoms with Crippen LogP contribution in [0.1, 0.15) is 39.5 Å². The summed E-state index contributed by atoms with van der Waals surface area (Å²) in [6, 6.07) is 0. The zero-order valence-electron chi connectivity index (χ0n) is 12.5. The van der Waals surface area contributed by atoms with Gasteiger partial charge in [0.2, 0.25) is 5.91 Å². The van der Waals surface area contributed by atoms with E-state index >= 15 is 0 Å². The highest BCUT2D eigenvalue weighted by Crippen LogP contribution is 2.20. The van der Waals surface area contributed by atoms with E-state index in [1.807, 2.05) is 0 Å². The van der Waals surface area contributed by atoms with Gasteiger partial charge in [0, 0.05) is 39.1 Å². The van der Waals surface area contributed by atoms with Crippen molar-refractivity contribution in [2.45, 2.75) is 39.5 Å². The zero-order chi connectivity index (χ0) is 13.7. The zero-order valence-corrected chi connectivity index (χ0v) is 12.5. The molecule has 1 heterocycles. The topological polar surface area (TPSA) is 23.6 Å². The fourth-order valence-corrected chi connectivity index (χ4v) is 3.05. The highest BCUT2D eigenvalue weighted by molar-refractivity contribution is 5.76. The summed E-state index contributed by atoms with van der Waals surface area (Å²) in [5.41, 5.74) is 0. The van der Waals surface area contributed by atoms with Gasteiger partial charge in [0.15, 0.2) is 0 Å². The Kier molecular flexibility index (Phi) is 5.44. The molecule has 3 nitrogen and oxygen atoms in total. The molecule has 0 aromatic rings. The van der Waals surface area contributed by atoms with Crippen molar-refractivity contribution >= 4 is 5.91 Å². The van der Waals surface area contributed by atoms with Crippen LogP contribution in [0.15, 0.2) is 12.2 Å². The molecule has 0 spiro atoms. The molecule has 0 aromatic heterocycles. The van der Waals surface area contributed by atoms with E-state index < -0.39 is 0 Å². The number of nitrogens with zero attached hydrogens (tertiary/aromatic N) is 2. The van der Waals surface area contributed by atoms with Crippen LogP contribution < -0.4 is 0 Å². The van der Waals surface area contributed by atoms with Gasteiger partial charge in [-0.15, -0.1) is 0 Å². The molecule has 1 atom stereocenters. The first-order valence-electron chi connectivity index (χ1n) is 7.80. The highest BCUT2D eigenvalue weighted by atomic mass is 16.2. The number of hydrogen-bond donors (Lipinski definition) is 0. The fourth-order valence-electron chi connectivity index (χ4n) is 3.05.